The minimum Gasteiger partial charge on any atom is -0.497 e. The highest BCUT2D eigenvalue weighted by Crippen LogP contribution is 2.36. The molecule has 0 bridgehead atoms. The van der Waals surface area contributed by atoms with E-state index in [2.05, 4.69) is 5.32 Å². The lowest BCUT2D eigenvalue weighted by atomic mass is 10.1. The molecule has 1 heterocycles. The summed E-state index contributed by atoms with van der Waals surface area (Å²) < 4.78 is 21.0. The summed E-state index contributed by atoms with van der Waals surface area (Å²) in [7, 11) is 3.09. The van der Waals surface area contributed by atoms with Crippen LogP contribution in [0.4, 0.5) is 5.69 Å². The first-order chi connectivity index (χ1) is 10.7. The van der Waals surface area contributed by atoms with E-state index < -0.39 is 0 Å². The lowest BCUT2D eigenvalue weighted by Crippen LogP contribution is -2.13. The van der Waals surface area contributed by atoms with Crippen molar-refractivity contribution in [2.24, 2.45) is 0 Å². The molecule has 1 N–H and O–H groups in total. The van der Waals surface area contributed by atoms with Gasteiger partial charge in [0.1, 0.15) is 11.5 Å². The number of ether oxygens (including phenoxy) is 4. The summed E-state index contributed by atoms with van der Waals surface area (Å²) >= 11 is 0. The molecular formula is C16H15NO5. The second-order valence-electron chi connectivity index (χ2n) is 4.56. The van der Waals surface area contributed by atoms with Crippen LogP contribution in [0.5, 0.6) is 23.0 Å². The molecule has 2 aromatic carbocycles. The van der Waals surface area contributed by atoms with Crippen molar-refractivity contribution < 1.29 is 23.7 Å². The number of amides is 1. The maximum Gasteiger partial charge on any atom is 0.259 e. The van der Waals surface area contributed by atoms with Gasteiger partial charge in [-0.1, -0.05) is 6.07 Å². The molecule has 6 nitrogen and oxygen atoms in total. The molecule has 0 saturated carbocycles. The van der Waals surface area contributed by atoms with Crippen molar-refractivity contribution in [3.05, 3.63) is 42.0 Å². The lowest BCUT2D eigenvalue weighted by molar-refractivity contribution is 0.102. The summed E-state index contributed by atoms with van der Waals surface area (Å²) in [6, 6.07) is 10.3. The van der Waals surface area contributed by atoms with Gasteiger partial charge < -0.3 is 24.3 Å². The first kappa shape index (κ1) is 14.1. The number of carbonyl (C=O) groups is 1. The highest BCUT2D eigenvalue weighted by atomic mass is 16.7. The predicted octanol–water partition coefficient (Wildman–Crippen LogP) is 2.68. The van der Waals surface area contributed by atoms with E-state index in [4.69, 9.17) is 18.9 Å². The quantitative estimate of drug-likeness (QED) is 0.940. The third-order valence-corrected chi connectivity index (χ3v) is 3.30. The van der Waals surface area contributed by atoms with Gasteiger partial charge in [-0.2, -0.15) is 0 Å². The van der Waals surface area contributed by atoms with Gasteiger partial charge in [-0.15, -0.1) is 0 Å². The minimum atomic E-state index is -0.311. The molecule has 1 aliphatic heterocycles. The fraction of sp³-hybridized carbons (Fsp3) is 0.188. The van der Waals surface area contributed by atoms with Crippen molar-refractivity contribution in [3.63, 3.8) is 0 Å². The van der Waals surface area contributed by atoms with Gasteiger partial charge in [0.2, 0.25) is 6.79 Å². The monoisotopic (exact) mass is 301 g/mol. The molecule has 22 heavy (non-hydrogen) atoms. The van der Waals surface area contributed by atoms with Crippen molar-refractivity contribution in [1.29, 1.82) is 0 Å². The number of benzene rings is 2. The Balaban J connectivity index is 1.90. The number of nitrogens with one attached hydrogen (secondary N) is 1. The van der Waals surface area contributed by atoms with Crippen molar-refractivity contribution in [1.82, 2.24) is 0 Å². The first-order valence-electron chi connectivity index (χ1n) is 6.65. The summed E-state index contributed by atoms with van der Waals surface area (Å²) in [6.07, 6.45) is 0. The van der Waals surface area contributed by atoms with Gasteiger partial charge in [0.05, 0.1) is 25.5 Å². The van der Waals surface area contributed by atoms with Gasteiger partial charge >= 0.3 is 0 Å². The normalized spacial score (nSPS) is 11.9. The van der Waals surface area contributed by atoms with Gasteiger partial charge in [-0.25, -0.2) is 0 Å². The average molecular weight is 301 g/mol. The summed E-state index contributed by atoms with van der Waals surface area (Å²) in [5.74, 6) is 1.86. The third kappa shape index (κ3) is 2.50. The van der Waals surface area contributed by atoms with Crippen LogP contribution in [0.25, 0.3) is 0 Å². The van der Waals surface area contributed by atoms with Crippen LogP contribution in [0.15, 0.2) is 36.4 Å². The van der Waals surface area contributed by atoms with Gasteiger partial charge in [-0.3, -0.25) is 4.79 Å². The Morgan fingerprint density at radius 2 is 2.00 bits per heavy atom. The fourth-order valence-corrected chi connectivity index (χ4v) is 2.21. The number of carbonyl (C=O) groups excluding carboxylic acids is 1. The highest BCUT2D eigenvalue weighted by molar-refractivity contribution is 6.07. The van der Waals surface area contributed by atoms with Crippen LogP contribution in [0.1, 0.15) is 10.4 Å². The SMILES string of the molecule is COc1ccc(OC)c(NC(=O)c2cccc3c2OCO3)c1. The van der Waals surface area contributed by atoms with Crippen LogP contribution >= 0.6 is 0 Å². The van der Waals surface area contributed by atoms with E-state index in [1.165, 1.54) is 7.11 Å². The molecule has 1 amide bonds. The maximum absolute atomic E-state index is 12.5. The predicted molar refractivity (Wildman–Crippen MR) is 80.1 cm³/mol. The van der Waals surface area contributed by atoms with Crippen LogP contribution in [0, 0.1) is 0 Å². The highest BCUT2D eigenvalue weighted by Gasteiger charge is 2.22. The van der Waals surface area contributed by atoms with E-state index >= 15 is 0 Å². The van der Waals surface area contributed by atoms with Crippen LogP contribution in [0.3, 0.4) is 0 Å². The van der Waals surface area contributed by atoms with E-state index in [0.29, 0.717) is 34.2 Å². The molecule has 0 aromatic heterocycles. The molecule has 1 aliphatic rings. The smallest absolute Gasteiger partial charge is 0.259 e. The Morgan fingerprint density at radius 1 is 1.14 bits per heavy atom. The molecule has 2 aromatic rings. The van der Waals surface area contributed by atoms with E-state index in [1.807, 2.05) is 0 Å². The molecule has 3 rings (SSSR count). The Hall–Kier alpha value is -2.89. The molecule has 0 spiro atoms. The van der Waals surface area contributed by atoms with E-state index in [0.717, 1.165) is 0 Å². The summed E-state index contributed by atoms with van der Waals surface area (Å²) in [6.45, 7) is 0.113. The summed E-state index contributed by atoms with van der Waals surface area (Å²) in [5.41, 5.74) is 0.920. The number of rotatable bonds is 4. The maximum atomic E-state index is 12.5. The zero-order chi connectivity index (χ0) is 15.5. The lowest BCUT2D eigenvalue weighted by Gasteiger charge is -2.12. The van der Waals surface area contributed by atoms with Crippen molar-refractivity contribution >= 4 is 11.6 Å². The van der Waals surface area contributed by atoms with Gasteiger partial charge in [0.15, 0.2) is 11.5 Å². The van der Waals surface area contributed by atoms with Gasteiger partial charge in [-0.05, 0) is 24.3 Å². The van der Waals surface area contributed by atoms with Crippen molar-refractivity contribution in [3.8, 4) is 23.0 Å². The first-order valence-corrected chi connectivity index (χ1v) is 6.65. The van der Waals surface area contributed by atoms with Crippen LogP contribution < -0.4 is 24.3 Å². The zero-order valence-corrected chi connectivity index (χ0v) is 12.2. The molecule has 0 unspecified atom stereocenters. The summed E-state index contributed by atoms with van der Waals surface area (Å²) in [5, 5.41) is 2.80. The summed E-state index contributed by atoms with van der Waals surface area (Å²) in [4.78, 5) is 12.5. The van der Waals surface area contributed by atoms with Crippen LogP contribution in [-0.2, 0) is 0 Å². The number of methoxy groups -OCH3 is 2. The van der Waals surface area contributed by atoms with Gasteiger partial charge in [0, 0.05) is 6.07 Å². The molecular weight excluding hydrogens is 286 g/mol. The Labute approximate surface area is 127 Å². The fourth-order valence-electron chi connectivity index (χ4n) is 2.21. The van der Waals surface area contributed by atoms with E-state index in [9.17, 15) is 4.79 Å². The van der Waals surface area contributed by atoms with Crippen molar-refractivity contribution in [2.75, 3.05) is 26.3 Å². The number of fused-ring (bicyclic) bond motifs is 1. The van der Waals surface area contributed by atoms with Crippen LogP contribution in [-0.4, -0.2) is 26.9 Å². The number of hydrogen-bond donors (Lipinski definition) is 1. The average Bonchev–Trinajstić information content (AvgIpc) is 3.03. The standard InChI is InChI=1S/C16H15NO5/c1-19-10-6-7-13(20-2)12(8-10)17-16(18)11-4-3-5-14-15(11)22-9-21-14/h3-8H,9H2,1-2H3,(H,17,18). The molecule has 0 aliphatic carbocycles. The molecule has 0 atom stereocenters. The largest absolute Gasteiger partial charge is 0.497 e. The number of para-hydroxylation sites is 1. The third-order valence-electron chi connectivity index (χ3n) is 3.30. The van der Waals surface area contributed by atoms with Gasteiger partial charge in [0.25, 0.3) is 5.91 Å². The second-order valence-corrected chi connectivity index (χ2v) is 4.56. The molecule has 6 heteroatoms. The second kappa shape index (κ2) is 5.85. The Bertz CT molecular complexity index is 714. The van der Waals surface area contributed by atoms with Crippen LogP contribution in [0.2, 0.25) is 0 Å². The topological polar surface area (TPSA) is 66.0 Å². The minimum absolute atomic E-state index is 0.113. The number of hydrogen-bond acceptors (Lipinski definition) is 5. The molecule has 0 radical (unpaired) electrons. The zero-order valence-electron chi connectivity index (χ0n) is 12.2. The number of anilines is 1. The Morgan fingerprint density at radius 3 is 2.77 bits per heavy atom. The Kier molecular flexibility index (Phi) is 3.74. The molecule has 0 fully saturated rings. The van der Waals surface area contributed by atoms with E-state index in [-0.39, 0.29) is 12.7 Å². The molecule has 114 valence electrons. The van der Waals surface area contributed by atoms with Crippen molar-refractivity contribution in [2.45, 2.75) is 0 Å². The molecule has 0 saturated heterocycles. The van der Waals surface area contributed by atoms with E-state index in [1.54, 1.807) is 43.5 Å².